The van der Waals surface area contributed by atoms with Gasteiger partial charge in [0.25, 0.3) is 0 Å². The number of nitrogens with zero attached hydrogens (tertiary/aromatic N) is 2. The molecule has 0 fully saturated rings. The number of hydrogen-bond acceptors (Lipinski definition) is 5. The molecule has 3 rings (SSSR count). The number of aromatic nitrogens is 3. The molecule has 2 aromatic carbocycles. The summed E-state index contributed by atoms with van der Waals surface area (Å²) in [5.74, 6) is 5.35. The number of H-pyrrole nitrogens is 1. The Morgan fingerprint density at radius 2 is 2.00 bits per heavy atom. The maximum absolute atomic E-state index is 11.3. The average Bonchev–Trinajstić information content (AvgIpc) is 3.03. The van der Waals surface area contributed by atoms with Crippen LogP contribution >= 0.6 is 0 Å². The van der Waals surface area contributed by atoms with Gasteiger partial charge in [0.2, 0.25) is 11.3 Å². The third kappa shape index (κ3) is 3.54. The summed E-state index contributed by atoms with van der Waals surface area (Å²) >= 11 is -2.15. The first-order valence-corrected chi connectivity index (χ1v) is 8.00. The molecule has 9 heteroatoms. The van der Waals surface area contributed by atoms with Gasteiger partial charge >= 0.3 is 0 Å². The van der Waals surface area contributed by atoms with E-state index in [1.54, 1.807) is 0 Å². The minimum atomic E-state index is -2.15. The van der Waals surface area contributed by atoms with Gasteiger partial charge in [0.05, 0.1) is 6.04 Å². The lowest BCUT2D eigenvalue weighted by Crippen LogP contribution is -2.25. The van der Waals surface area contributed by atoms with Crippen molar-refractivity contribution in [2.24, 2.45) is 5.84 Å². The predicted octanol–water partition coefficient (Wildman–Crippen LogP) is 1.25. The lowest BCUT2D eigenvalue weighted by atomic mass is 9.98. The first kappa shape index (κ1) is 15.6. The van der Waals surface area contributed by atoms with Gasteiger partial charge in [-0.1, -0.05) is 24.3 Å². The molecule has 6 N–H and O–H groups in total. The summed E-state index contributed by atoms with van der Waals surface area (Å²) < 4.78 is 23.2. The van der Waals surface area contributed by atoms with E-state index in [1.165, 1.54) is 0 Å². The van der Waals surface area contributed by atoms with Crippen molar-refractivity contribution in [3.05, 3.63) is 53.6 Å². The Kier molecular flexibility index (Phi) is 4.63. The molecule has 0 bridgehead atoms. The van der Waals surface area contributed by atoms with Gasteiger partial charge in [0.15, 0.2) is 0 Å². The zero-order chi connectivity index (χ0) is 16.2. The number of benzene rings is 2. The normalized spacial score (nSPS) is 13.8. The van der Waals surface area contributed by atoms with E-state index in [0.717, 1.165) is 16.8 Å². The van der Waals surface area contributed by atoms with Crippen molar-refractivity contribution < 1.29 is 8.76 Å². The topological polar surface area (TPSA) is 129 Å². The fourth-order valence-corrected chi connectivity index (χ4v) is 2.93. The van der Waals surface area contributed by atoms with Crippen LogP contribution in [0.2, 0.25) is 0 Å². The van der Waals surface area contributed by atoms with E-state index < -0.39 is 11.3 Å². The summed E-state index contributed by atoms with van der Waals surface area (Å²) in [5, 5.41) is 10.8. The second-order valence-electron chi connectivity index (χ2n) is 5.00. The van der Waals surface area contributed by atoms with Crippen molar-refractivity contribution in [2.45, 2.75) is 12.5 Å². The van der Waals surface area contributed by atoms with Crippen LogP contribution in [0.15, 0.2) is 42.5 Å². The Labute approximate surface area is 134 Å². The van der Waals surface area contributed by atoms with Crippen LogP contribution in [0.1, 0.15) is 17.2 Å². The average molecular weight is 332 g/mol. The summed E-state index contributed by atoms with van der Waals surface area (Å²) in [7, 11) is 0. The van der Waals surface area contributed by atoms with Gasteiger partial charge in [-0.15, -0.1) is 0 Å². The summed E-state index contributed by atoms with van der Waals surface area (Å²) in [6.45, 7) is 0. The number of nitrogen functional groups attached to an aromatic ring is 1. The Morgan fingerprint density at radius 3 is 2.70 bits per heavy atom. The highest BCUT2D eigenvalue weighted by molar-refractivity contribution is 7.77. The number of fused-ring (bicyclic) bond motifs is 1. The summed E-state index contributed by atoms with van der Waals surface area (Å²) in [5.41, 5.74) is 6.54. The van der Waals surface area contributed by atoms with E-state index in [0.29, 0.717) is 17.5 Å². The Balaban J connectivity index is 1.93. The number of hydrogen-bond donors (Lipinski definition) is 5. The van der Waals surface area contributed by atoms with E-state index in [4.69, 9.17) is 5.84 Å². The van der Waals surface area contributed by atoms with Gasteiger partial charge in [0, 0.05) is 11.3 Å². The molecule has 0 spiro atoms. The van der Waals surface area contributed by atoms with Crippen LogP contribution in [0.5, 0.6) is 0 Å². The maximum Gasteiger partial charge on any atom is 0.232 e. The number of para-hydroxylation sites is 1. The minimum Gasteiger partial charge on any atom is -0.324 e. The van der Waals surface area contributed by atoms with Gasteiger partial charge in [-0.05, 0) is 30.2 Å². The Morgan fingerprint density at radius 1 is 1.22 bits per heavy atom. The molecule has 0 saturated carbocycles. The highest BCUT2D eigenvalue weighted by Gasteiger charge is 2.18. The van der Waals surface area contributed by atoms with Gasteiger partial charge in [-0.2, -0.15) is 15.4 Å². The monoisotopic (exact) mass is 332 g/mol. The van der Waals surface area contributed by atoms with Crippen molar-refractivity contribution in [1.29, 1.82) is 0 Å². The molecule has 0 saturated heterocycles. The van der Waals surface area contributed by atoms with E-state index in [9.17, 15) is 8.76 Å². The molecule has 0 aliphatic heterocycles. The molecule has 2 unspecified atom stereocenters. The van der Waals surface area contributed by atoms with Gasteiger partial charge in [0.1, 0.15) is 11.0 Å². The van der Waals surface area contributed by atoms with Crippen molar-refractivity contribution >= 4 is 28.0 Å². The number of aromatic amines is 1. The second-order valence-corrected chi connectivity index (χ2v) is 5.74. The van der Waals surface area contributed by atoms with Crippen LogP contribution in [0.25, 0.3) is 11.0 Å². The van der Waals surface area contributed by atoms with Crippen LogP contribution in [0, 0.1) is 0 Å². The first-order chi connectivity index (χ1) is 11.2. The molecule has 0 aliphatic rings. The zero-order valence-electron chi connectivity index (χ0n) is 12.1. The highest BCUT2D eigenvalue weighted by atomic mass is 32.2. The van der Waals surface area contributed by atoms with Crippen LogP contribution in [0.4, 0.5) is 5.69 Å². The largest absolute Gasteiger partial charge is 0.324 e. The van der Waals surface area contributed by atoms with Crippen molar-refractivity contribution in [1.82, 2.24) is 20.1 Å². The van der Waals surface area contributed by atoms with Gasteiger partial charge < -0.3 is 5.43 Å². The third-order valence-electron chi connectivity index (χ3n) is 3.56. The Bertz CT molecular complexity index is 820. The second kappa shape index (κ2) is 6.84. The van der Waals surface area contributed by atoms with E-state index >= 15 is 0 Å². The standard InChI is InChI=1S/C14H16N6O2S/c15-16-10-6-4-9(5-7-10)8-13(19-23(21)22)11-2-1-3-12-14(11)18-20-17-12/h1-7,13,16,19H,8,15H2,(H,21,22)(H,17,18,20). The van der Waals surface area contributed by atoms with Crippen LogP contribution in [-0.4, -0.2) is 24.2 Å². The number of nitrogens with two attached hydrogens (primary N) is 1. The van der Waals surface area contributed by atoms with Crippen molar-refractivity contribution in [2.75, 3.05) is 5.43 Å². The number of anilines is 1. The Hall–Kier alpha value is -2.33. The number of hydrazine groups is 1. The van der Waals surface area contributed by atoms with Gasteiger partial charge in [-0.25, -0.2) is 8.93 Å². The first-order valence-electron chi connectivity index (χ1n) is 6.89. The van der Waals surface area contributed by atoms with Gasteiger partial charge in [-0.3, -0.25) is 10.4 Å². The lowest BCUT2D eigenvalue weighted by Gasteiger charge is -2.17. The SMILES string of the molecule is NNc1ccc(CC(NS(=O)O)c2cccc3n[nH]nc23)cc1. The van der Waals surface area contributed by atoms with E-state index in [1.807, 2.05) is 42.5 Å². The molecule has 3 aromatic rings. The van der Waals surface area contributed by atoms with Crippen LogP contribution in [-0.2, 0) is 17.7 Å². The molecule has 1 aromatic heterocycles. The fourth-order valence-electron chi connectivity index (χ4n) is 2.48. The zero-order valence-corrected chi connectivity index (χ0v) is 12.9. The molecule has 8 nitrogen and oxygen atoms in total. The molecule has 120 valence electrons. The summed E-state index contributed by atoms with van der Waals surface area (Å²) in [6.07, 6.45) is 0.517. The molecular formula is C14H16N6O2S. The number of rotatable bonds is 6. The quantitative estimate of drug-likeness (QED) is 0.262. The molecule has 0 amide bonds. The van der Waals surface area contributed by atoms with Crippen LogP contribution < -0.4 is 16.0 Å². The molecule has 0 aliphatic carbocycles. The lowest BCUT2D eigenvalue weighted by molar-refractivity contribution is 0.527. The highest BCUT2D eigenvalue weighted by Crippen LogP contribution is 2.25. The van der Waals surface area contributed by atoms with E-state index in [-0.39, 0.29) is 6.04 Å². The molecule has 1 heterocycles. The van der Waals surface area contributed by atoms with Crippen molar-refractivity contribution in [3.63, 3.8) is 0 Å². The summed E-state index contributed by atoms with van der Waals surface area (Å²) in [4.78, 5) is 0. The fraction of sp³-hybridized carbons (Fsp3) is 0.143. The molecular weight excluding hydrogens is 316 g/mol. The van der Waals surface area contributed by atoms with E-state index in [2.05, 4.69) is 25.6 Å². The van der Waals surface area contributed by atoms with Crippen LogP contribution in [0.3, 0.4) is 0 Å². The minimum absolute atomic E-state index is 0.383. The molecule has 0 radical (unpaired) electrons. The molecule has 2 atom stereocenters. The smallest absolute Gasteiger partial charge is 0.232 e. The summed E-state index contributed by atoms with van der Waals surface area (Å²) in [6, 6.07) is 12.7. The number of nitrogens with one attached hydrogen (secondary N) is 3. The predicted molar refractivity (Wildman–Crippen MR) is 88.5 cm³/mol. The van der Waals surface area contributed by atoms with Crippen molar-refractivity contribution in [3.8, 4) is 0 Å². The molecule has 23 heavy (non-hydrogen) atoms. The maximum atomic E-state index is 11.3. The third-order valence-corrected chi connectivity index (χ3v) is 4.04.